The van der Waals surface area contributed by atoms with Gasteiger partial charge in [-0.2, -0.15) is 0 Å². The number of ether oxygens (including phenoxy) is 3. The Bertz CT molecular complexity index is 1610. The summed E-state index contributed by atoms with van der Waals surface area (Å²) in [6.07, 6.45) is 81.1. The number of carbonyl (C=O) groups is 3. The van der Waals surface area contributed by atoms with Crippen LogP contribution in [0.25, 0.3) is 0 Å². The lowest BCUT2D eigenvalue weighted by Gasteiger charge is -2.18. The molecule has 0 aromatic rings. The quantitative estimate of drug-likeness (QED) is 0.0262. The predicted molar refractivity (Wildman–Crippen MR) is 297 cm³/mol. The molecule has 0 aliphatic rings. The third kappa shape index (κ3) is 53.8. The molecule has 0 aliphatic heterocycles. The van der Waals surface area contributed by atoms with E-state index in [0.717, 1.165) is 109 Å². The Labute approximate surface area is 422 Å². The molecule has 0 saturated carbocycles. The van der Waals surface area contributed by atoms with Crippen LogP contribution in [0.5, 0.6) is 0 Å². The molecule has 0 aromatic carbocycles. The van der Waals surface area contributed by atoms with Gasteiger partial charge in [0.2, 0.25) is 0 Å². The minimum Gasteiger partial charge on any atom is -0.462 e. The highest BCUT2D eigenvalue weighted by molar-refractivity contribution is 5.71. The Balaban J connectivity index is 4.61. The molecule has 0 N–H and O–H groups in total. The largest absolute Gasteiger partial charge is 0.462 e. The summed E-state index contributed by atoms with van der Waals surface area (Å²) in [6.45, 7) is 6.14. The molecule has 0 amide bonds. The molecule has 0 rings (SSSR count). The third-order valence-corrected chi connectivity index (χ3v) is 10.5. The number of hydrogen-bond donors (Lipinski definition) is 0. The molecule has 0 saturated heterocycles. The SMILES string of the molecule is CC/C=C\C/C=C\C/C=C\C/C=C\C/C=C\CCC(=O)OCC(COC(=O)CCCCCCCCCCC/C=C\C/C=C\C/C=C\CC)OC(=O)CC/C=C\C/C=C\C/C=C\C/C=C\C/C=C\CC. The zero-order chi connectivity index (χ0) is 50.0. The number of hydrogen-bond acceptors (Lipinski definition) is 6. The average Bonchev–Trinajstić information content (AvgIpc) is 3.35. The normalized spacial score (nSPS) is 13.4. The van der Waals surface area contributed by atoms with E-state index >= 15 is 0 Å². The standard InChI is InChI=1S/C63H96O6/c1-4-7-10-13-16-19-22-25-28-31-32-33-36-38-41-44-47-50-53-56-62(65)68-59-60(69-63(66)57-54-51-48-45-42-39-35-30-27-24-21-18-15-12-9-6-3)58-67-61(64)55-52-49-46-43-40-37-34-29-26-23-20-17-14-11-8-5-2/h7-12,16-21,25-30,37,39-40,42,46,48-49,51,60H,4-6,13-15,22-24,31-36,38,41,43-45,47,50,52-59H2,1-3H3/b10-7-,11-8-,12-9-,19-16-,20-17-,21-18-,28-25-,29-26-,30-27-,40-37-,42-39-,49-46-,51-48-. The molecule has 0 aliphatic carbocycles. The van der Waals surface area contributed by atoms with Crippen molar-refractivity contribution in [1.29, 1.82) is 0 Å². The van der Waals surface area contributed by atoms with E-state index in [4.69, 9.17) is 14.2 Å². The minimum absolute atomic E-state index is 0.141. The lowest BCUT2D eigenvalue weighted by molar-refractivity contribution is -0.166. The monoisotopic (exact) mass is 949 g/mol. The molecule has 1 atom stereocenters. The van der Waals surface area contributed by atoms with Gasteiger partial charge in [0.05, 0.1) is 0 Å². The first-order chi connectivity index (χ1) is 34.0. The van der Waals surface area contributed by atoms with E-state index in [0.29, 0.717) is 19.3 Å². The molecule has 0 spiro atoms. The molecule has 384 valence electrons. The topological polar surface area (TPSA) is 78.9 Å². The number of esters is 3. The first kappa shape index (κ1) is 64.0. The highest BCUT2D eigenvalue weighted by Gasteiger charge is 2.19. The fraction of sp³-hybridized carbons (Fsp3) is 0.540. The Kier molecular flexibility index (Phi) is 51.6. The van der Waals surface area contributed by atoms with Crippen LogP contribution in [0.1, 0.15) is 201 Å². The van der Waals surface area contributed by atoms with E-state index in [1.54, 1.807) is 0 Å². The molecule has 6 nitrogen and oxygen atoms in total. The maximum atomic E-state index is 12.8. The third-order valence-electron chi connectivity index (χ3n) is 10.5. The first-order valence-electron chi connectivity index (χ1n) is 27.0. The fourth-order valence-corrected chi connectivity index (χ4v) is 6.61. The van der Waals surface area contributed by atoms with Crippen LogP contribution in [0.4, 0.5) is 0 Å². The van der Waals surface area contributed by atoms with Gasteiger partial charge in [-0.05, 0) is 116 Å². The Morgan fingerprint density at radius 2 is 0.551 bits per heavy atom. The van der Waals surface area contributed by atoms with Crippen molar-refractivity contribution in [2.75, 3.05) is 13.2 Å². The number of rotatable bonds is 46. The van der Waals surface area contributed by atoms with E-state index in [1.165, 1.54) is 38.5 Å². The van der Waals surface area contributed by atoms with Crippen molar-refractivity contribution in [2.24, 2.45) is 0 Å². The second kappa shape index (κ2) is 55.6. The van der Waals surface area contributed by atoms with Gasteiger partial charge in [0, 0.05) is 19.3 Å². The second-order valence-electron chi connectivity index (χ2n) is 17.0. The van der Waals surface area contributed by atoms with Crippen LogP contribution in [-0.2, 0) is 28.6 Å². The zero-order valence-electron chi connectivity index (χ0n) is 43.8. The summed E-state index contributed by atoms with van der Waals surface area (Å²) in [7, 11) is 0. The fourth-order valence-electron chi connectivity index (χ4n) is 6.61. The van der Waals surface area contributed by atoms with Gasteiger partial charge in [-0.15, -0.1) is 0 Å². The van der Waals surface area contributed by atoms with Crippen molar-refractivity contribution < 1.29 is 28.6 Å². The smallest absolute Gasteiger partial charge is 0.306 e. The summed E-state index contributed by atoms with van der Waals surface area (Å²) in [6, 6.07) is 0. The Morgan fingerprint density at radius 3 is 0.899 bits per heavy atom. The first-order valence-corrected chi connectivity index (χ1v) is 27.0. The van der Waals surface area contributed by atoms with E-state index in [9.17, 15) is 14.4 Å². The second-order valence-corrected chi connectivity index (χ2v) is 17.0. The van der Waals surface area contributed by atoms with Gasteiger partial charge in [0.25, 0.3) is 0 Å². The van der Waals surface area contributed by atoms with Gasteiger partial charge in [-0.25, -0.2) is 0 Å². The minimum atomic E-state index is -0.858. The molecule has 0 radical (unpaired) electrons. The van der Waals surface area contributed by atoms with Crippen molar-refractivity contribution in [3.05, 3.63) is 158 Å². The molecule has 0 aromatic heterocycles. The summed E-state index contributed by atoms with van der Waals surface area (Å²) in [5.41, 5.74) is 0. The van der Waals surface area contributed by atoms with Gasteiger partial charge in [0.1, 0.15) is 13.2 Å². The summed E-state index contributed by atoms with van der Waals surface area (Å²) in [5.74, 6) is -1.13. The van der Waals surface area contributed by atoms with Gasteiger partial charge < -0.3 is 14.2 Å². The van der Waals surface area contributed by atoms with Crippen LogP contribution in [-0.4, -0.2) is 37.2 Å². The maximum absolute atomic E-state index is 12.8. The lowest BCUT2D eigenvalue weighted by Crippen LogP contribution is -2.30. The van der Waals surface area contributed by atoms with Gasteiger partial charge in [0.15, 0.2) is 6.10 Å². The predicted octanol–water partition coefficient (Wildman–Crippen LogP) is 18.2. The highest BCUT2D eigenvalue weighted by atomic mass is 16.6. The van der Waals surface area contributed by atoms with Crippen molar-refractivity contribution >= 4 is 17.9 Å². The van der Waals surface area contributed by atoms with E-state index in [1.807, 2.05) is 24.3 Å². The molecule has 1 unspecified atom stereocenters. The van der Waals surface area contributed by atoms with Crippen molar-refractivity contribution in [1.82, 2.24) is 0 Å². The molecule has 69 heavy (non-hydrogen) atoms. The number of carbonyl (C=O) groups excluding carboxylic acids is 3. The highest BCUT2D eigenvalue weighted by Crippen LogP contribution is 2.13. The van der Waals surface area contributed by atoms with Gasteiger partial charge >= 0.3 is 17.9 Å². The number of allylic oxidation sites excluding steroid dienone is 26. The summed E-state index contributed by atoms with van der Waals surface area (Å²) < 4.78 is 16.7. The van der Waals surface area contributed by atoms with Crippen molar-refractivity contribution in [3.8, 4) is 0 Å². The van der Waals surface area contributed by atoms with Gasteiger partial charge in [-0.3, -0.25) is 14.4 Å². The molecular weight excluding hydrogens is 853 g/mol. The van der Waals surface area contributed by atoms with E-state index < -0.39 is 12.1 Å². The number of unbranched alkanes of at least 4 members (excludes halogenated alkanes) is 9. The van der Waals surface area contributed by atoms with Crippen LogP contribution in [0.3, 0.4) is 0 Å². The molecular formula is C63H96O6. The molecule has 0 bridgehead atoms. The van der Waals surface area contributed by atoms with E-state index in [-0.39, 0.29) is 38.0 Å². The van der Waals surface area contributed by atoms with Crippen LogP contribution in [0.15, 0.2) is 158 Å². The van der Waals surface area contributed by atoms with Gasteiger partial charge in [-0.1, -0.05) is 224 Å². The molecule has 0 fully saturated rings. The van der Waals surface area contributed by atoms with Crippen molar-refractivity contribution in [2.45, 2.75) is 207 Å². The average molecular weight is 949 g/mol. The molecule has 0 heterocycles. The van der Waals surface area contributed by atoms with Crippen LogP contribution in [0.2, 0.25) is 0 Å². The zero-order valence-corrected chi connectivity index (χ0v) is 43.8. The lowest BCUT2D eigenvalue weighted by atomic mass is 10.1. The Morgan fingerprint density at radius 1 is 0.290 bits per heavy atom. The summed E-state index contributed by atoms with van der Waals surface area (Å²) in [5, 5.41) is 0. The van der Waals surface area contributed by atoms with Crippen molar-refractivity contribution in [3.63, 3.8) is 0 Å². The maximum Gasteiger partial charge on any atom is 0.306 e. The molecule has 6 heteroatoms. The summed E-state index contributed by atoms with van der Waals surface area (Å²) >= 11 is 0. The Hall–Kier alpha value is -4.97. The van der Waals surface area contributed by atoms with Crippen LogP contribution < -0.4 is 0 Å². The summed E-state index contributed by atoms with van der Waals surface area (Å²) in [4.78, 5) is 38.0. The van der Waals surface area contributed by atoms with Crippen LogP contribution in [0, 0.1) is 0 Å². The van der Waals surface area contributed by atoms with Crippen LogP contribution >= 0.6 is 0 Å². The van der Waals surface area contributed by atoms with E-state index in [2.05, 4.69) is 154 Å².